The van der Waals surface area contributed by atoms with Gasteiger partial charge in [-0.3, -0.25) is 0 Å². The van der Waals surface area contributed by atoms with Crippen molar-refractivity contribution in [3.8, 4) is 0 Å². The molecule has 2 aromatic rings. The molecule has 1 aromatic heterocycles. The number of fused-ring (bicyclic) bond motifs is 1. The minimum Gasteiger partial charge on any atom is -0.382 e. The SMILES string of the molecule is CC1CN(c2ncc3cc(NC4CCC(N)CC4)ccc3n2)CC(C)O1. The van der Waals surface area contributed by atoms with Crippen LogP contribution in [0.5, 0.6) is 0 Å². The van der Waals surface area contributed by atoms with E-state index in [-0.39, 0.29) is 12.2 Å². The van der Waals surface area contributed by atoms with Gasteiger partial charge in [-0.1, -0.05) is 0 Å². The molecule has 3 N–H and O–H groups in total. The van der Waals surface area contributed by atoms with Crippen molar-refractivity contribution >= 4 is 22.5 Å². The van der Waals surface area contributed by atoms with Gasteiger partial charge in [0, 0.05) is 42.4 Å². The van der Waals surface area contributed by atoms with Crippen LogP contribution in [-0.4, -0.2) is 47.3 Å². The Morgan fingerprint density at radius 2 is 1.85 bits per heavy atom. The lowest BCUT2D eigenvalue weighted by Gasteiger charge is -2.35. The maximum Gasteiger partial charge on any atom is 0.226 e. The lowest BCUT2D eigenvalue weighted by atomic mass is 9.91. The highest BCUT2D eigenvalue weighted by molar-refractivity contribution is 5.82. The molecule has 0 bridgehead atoms. The van der Waals surface area contributed by atoms with Crippen molar-refractivity contribution in [3.63, 3.8) is 0 Å². The number of morpholine rings is 1. The van der Waals surface area contributed by atoms with Crippen LogP contribution in [0.1, 0.15) is 39.5 Å². The van der Waals surface area contributed by atoms with Gasteiger partial charge in [-0.05, 0) is 57.7 Å². The van der Waals surface area contributed by atoms with Crippen LogP contribution in [0.4, 0.5) is 11.6 Å². The molecule has 2 aliphatic rings. The van der Waals surface area contributed by atoms with Crippen molar-refractivity contribution in [2.45, 2.75) is 63.8 Å². The Labute approximate surface area is 155 Å². The third-order valence-corrected chi connectivity index (χ3v) is 5.41. The first kappa shape index (κ1) is 17.5. The molecular weight excluding hydrogens is 326 g/mol. The van der Waals surface area contributed by atoms with Gasteiger partial charge in [0.25, 0.3) is 0 Å². The summed E-state index contributed by atoms with van der Waals surface area (Å²) in [7, 11) is 0. The number of benzene rings is 1. The lowest BCUT2D eigenvalue weighted by molar-refractivity contribution is -0.00570. The number of nitrogens with two attached hydrogens (primary N) is 1. The quantitative estimate of drug-likeness (QED) is 0.882. The van der Waals surface area contributed by atoms with Crippen LogP contribution in [0.3, 0.4) is 0 Å². The summed E-state index contributed by atoms with van der Waals surface area (Å²) in [6, 6.07) is 7.26. The fraction of sp³-hybridized carbons (Fsp3) is 0.600. The predicted octanol–water partition coefficient (Wildman–Crippen LogP) is 2.93. The normalized spacial score (nSPS) is 29.7. The second-order valence-corrected chi connectivity index (χ2v) is 7.86. The molecule has 6 nitrogen and oxygen atoms in total. The number of nitrogens with one attached hydrogen (secondary N) is 1. The van der Waals surface area contributed by atoms with Gasteiger partial charge in [-0.25, -0.2) is 9.97 Å². The molecule has 1 saturated heterocycles. The summed E-state index contributed by atoms with van der Waals surface area (Å²) in [6.45, 7) is 5.86. The largest absolute Gasteiger partial charge is 0.382 e. The van der Waals surface area contributed by atoms with Crippen LogP contribution < -0.4 is 16.0 Å². The molecule has 2 heterocycles. The lowest BCUT2D eigenvalue weighted by Crippen LogP contribution is -2.46. The molecule has 6 heteroatoms. The van der Waals surface area contributed by atoms with Crippen molar-refractivity contribution in [1.82, 2.24) is 9.97 Å². The van der Waals surface area contributed by atoms with Crippen molar-refractivity contribution in [2.24, 2.45) is 5.73 Å². The maximum atomic E-state index is 6.00. The Balaban J connectivity index is 1.49. The second kappa shape index (κ2) is 7.37. The Kier molecular flexibility index (Phi) is 4.96. The number of rotatable bonds is 3. The monoisotopic (exact) mass is 355 g/mol. The van der Waals surface area contributed by atoms with Crippen LogP contribution >= 0.6 is 0 Å². The first-order valence-corrected chi connectivity index (χ1v) is 9.76. The van der Waals surface area contributed by atoms with Gasteiger partial charge in [0.05, 0.1) is 17.7 Å². The molecule has 1 aromatic carbocycles. The van der Waals surface area contributed by atoms with E-state index in [1.54, 1.807) is 0 Å². The van der Waals surface area contributed by atoms with Gasteiger partial charge in [0.2, 0.25) is 5.95 Å². The molecular formula is C20H29N5O. The number of anilines is 2. The molecule has 140 valence electrons. The van der Waals surface area contributed by atoms with E-state index in [1.165, 1.54) is 0 Å². The van der Waals surface area contributed by atoms with Crippen molar-refractivity contribution in [1.29, 1.82) is 0 Å². The summed E-state index contributed by atoms with van der Waals surface area (Å²) < 4.78 is 5.81. The van der Waals surface area contributed by atoms with Gasteiger partial charge in [-0.15, -0.1) is 0 Å². The second-order valence-electron chi connectivity index (χ2n) is 7.86. The zero-order valence-corrected chi connectivity index (χ0v) is 15.7. The zero-order chi connectivity index (χ0) is 18.1. The minimum atomic E-state index is 0.202. The fourth-order valence-corrected chi connectivity index (χ4v) is 4.11. The van der Waals surface area contributed by atoms with Crippen LogP contribution in [0, 0.1) is 0 Å². The van der Waals surface area contributed by atoms with Gasteiger partial charge in [0.1, 0.15) is 0 Å². The van der Waals surface area contributed by atoms with E-state index < -0.39 is 0 Å². The summed E-state index contributed by atoms with van der Waals surface area (Å²) in [4.78, 5) is 11.6. The number of nitrogens with zero attached hydrogens (tertiary/aromatic N) is 3. The standard InChI is InChI=1S/C20H29N5O/c1-13-11-25(12-14(2)26-13)20-22-10-15-9-18(7-8-19(15)24-20)23-17-5-3-16(21)4-6-17/h7-10,13-14,16-17,23H,3-6,11-12,21H2,1-2H3. The van der Waals surface area contributed by atoms with E-state index in [9.17, 15) is 0 Å². The van der Waals surface area contributed by atoms with E-state index in [0.717, 1.165) is 61.3 Å². The number of aromatic nitrogens is 2. The number of hydrogen-bond acceptors (Lipinski definition) is 6. The van der Waals surface area contributed by atoms with Crippen LogP contribution in [-0.2, 0) is 4.74 Å². The number of hydrogen-bond donors (Lipinski definition) is 2. The molecule has 1 aliphatic carbocycles. The first-order chi connectivity index (χ1) is 12.6. The predicted molar refractivity (Wildman–Crippen MR) is 106 cm³/mol. The summed E-state index contributed by atoms with van der Waals surface area (Å²) in [5.74, 6) is 0.793. The molecule has 2 fully saturated rings. The fourth-order valence-electron chi connectivity index (χ4n) is 4.11. The Hall–Kier alpha value is -1.92. The van der Waals surface area contributed by atoms with Crippen molar-refractivity contribution < 1.29 is 4.74 Å². The highest BCUT2D eigenvalue weighted by Crippen LogP contribution is 2.25. The van der Waals surface area contributed by atoms with Gasteiger partial charge < -0.3 is 20.7 Å². The number of ether oxygens (including phenoxy) is 1. The summed E-state index contributed by atoms with van der Waals surface area (Å²) in [5, 5.41) is 4.72. The molecule has 2 unspecified atom stereocenters. The van der Waals surface area contributed by atoms with Crippen LogP contribution in [0.25, 0.3) is 10.9 Å². The smallest absolute Gasteiger partial charge is 0.226 e. The highest BCUT2D eigenvalue weighted by Gasteiger charge is 2.24. The van der Waals surface area contributed by atoms with E-state index in [0.29, 0.717) is 12.1 Å². The molecule has 0 amide bonds. The Bertz CT molecular complexity index is 749. The van der Waals surface area contributed by atoms with E-state index >= 15 is 0 Å². The minimum absolute atomic E-state index is 0.202. The van der Waals surface area contributed by atoms with Crippen molar-refractivity contribution in [3.05, 3.63) is 24.4 Å². The third kappa shape index (κ3) is 3.91. The molecule has 2 atom stereocenters. The summed E-state index contributed by atoms with van der Waals surface area (Å²) in [6.07, 6.45) is 6.83. The Morgan fingerprint density at radius 3 is 2.58 bits per heavy atom. The van der Waals surface area contributed by atoms with Gasteiger partial charge >= 0.3 is 0 Å². The Morgan fingerprint density at radius 1 is 1.12 bits per heavy atom. The summed E-state index contributed by atoms with van der Waals surface area (Å²) >= 11 is 0. The van der Waals surface area contributed by atoms with Crippen LogP contribution in [0.15, 0.2) is 24.4 Å². The van der Waals surface area contributed by atoms with Gasteiger partial charge in [-0.2, -0.15) is 0 Å². The van der Waals surface area contributed by atoms with Gasteiger partial charge in [0.15, 0.2) is 0 Å². The van der Waals surface area contributed by atoms with E-state index in [2.05, 4.69) is 47.2 Å². The molecule has 0 spiro atoms. The molecule has 1 saturated carbocycles. The molecule has 26 heavy (non-hydrogen) atoms. The van der Waals surface area contributed by atoms with E-state index in [4.69, 9.17) is 15.5 Å². The molecule has 4 rings (SSSR count). The first-order valence-electron chi connectivity index (χ1n) is 9.76. The average molecular weight is 355 g/mol. The maximum absolute atomic E-state index is 6.00. The average Bonchev–Trinajstić information content (AvgIpc) is 2.62. The molecule has 0 radical (unpaired) electrons. The third-order valence-electron chi connectivity index (χ3n) is 5.41. The van der Waals surface area contributed by atoms with E-state index in [1.807, 2.05) is 6.20 Å². The highest BCUT2D eigenvalue weighted by atomic mass is 16.5. The topological polar surface area (TPSA) is 76.3 Å². The molecule has 1 aliphatic heterocycles. The zero-order valence-electron chi connectivity index (χ0n) is 15.7. The van der Waals surface area contributed by atoms with Crippen LogP contribution in [0.2, 0.25) is 0 Å². The summed E-state index contributed by atoms with van der Waals surface area (Å²) in [5.41, 5.74) is 8.13. The van der Waals surface area contributed by atoms with Crippen molar-refractivity contribution in [2.75, 3.05) is 23.3 Å².